The molecule has 1 aromatic heterocycles. The maximum atomic E-state index is 15.2. The van der Waals surface area contributed by atoms with Crippen LogP contribution in [0.2, 0.25) is 25.7 Å². The average molecular weight is 495 g/mol. The number of benzene rings is 2. The third-order valence-electron chi connectivity index (χ3n) is 4.92. The molecule has 0 unspecified atom stereocenters. The minimum absolute atomic E-state index is 0.00537. The van der Waals surface area contributed by atoms with Crippen molar-refractivity contribution in [2.24, 2.45) is 5.73 Å². The van der Waals surface area contributed by atoms with Crippen molar-refractivity contribution < 1.29 is 27.7 Å². The first kappa shape index (κ1) is 25.1. The van der Waals surface area contributed by atoms with E-state index in [0.717, 1.165) is 6.04 Å². The Morgan fingerprint density at radius 3 is 2.58 bits per heavy atom. The number of rotatable bonds is 11. The van der Waals surface area contributed by atoms with Gasteiger partial charge in [0.25, 0.3) is 0 Å². The monoisotopic (exact) mass is 494 g/mol. The van der Waals surface area contributed by atoms with E-state index in [1.165, 1.54) is 25.3 Å². The summed E-state index contributed by atoms with van der Waals surface area (Å²) in [6.45, 7) is 7.60. The van der Waals surface area contributed by atoms with Gasteiger partial charge in [-0.3, -0.25) is 0 Å². The zero-order valence-electron chi connectivity index (χ0n) is 19.1. The number of halogens is 2. The van der Waals surface area contributed by atoms with Crippen LogP contribution in [0.25, 0.3) is 10.9 Å². The van der Waals surface area contributed by atoms with Gasteiger partial charge in [0, 0.05) is 39.4 Å². The van der Waals surface area contributed by atoms with Gasteiger partial charge in [0.2, 0.25) is 0 Å². The van der Waals surface area contributed by atoms with E-state index in [1.54, 1.807) is 22.9 Å². The normalized spacial score (nSPS) is 11.7. The van der Waals surface area contributed by atoms with E-state index in [0.29, 0.717) is 23.4 Å². The molecule has 0 saturated heterocycles. The molecular formula is C23H28F2N2O4SSi. The second-order valence-corrected chi connectivity index (χ2v) is 14.8. The Morgan fingerprint density at radius 1 is 1.15 bits per heavy atom. The molecule has 0 aliphatic rings. The first-order chi connectivity index (χ1) is 15.6. The highest BCUT2D eigenvalue weighted by atomic mass is 32.1. The quantitative estimate of drug-likeness (QED) is 0.161. The fraction of sp³-hybridized carbons (Fsp3) is 0.348. The van der Waals surface area contributed by atoms with Gasteiger partial charge in [-0.1, -0.05) is 31.9 Å². The summed E-state index contributed by atoms with van der Waals surface area (Å²) in [6, 6.07) is 8.34. The molecule has 33 heavy (non-hydrogen) atoms. The Hall–Kier alpha value is -2.53. The summed E-state index contributed by atoms with van der Waals surface area (Å²) in [5, 5.41) is 0.231. The number of nitrogens with zero attached hydrogens (tertiary/aromatic N) is 1. The highest BCUT2D eigenvalue weighted by Crippen LogP contribution is 2.35. The fourth-order valence-electron chi connectivity index (χ4n) is 3.12. The van der Waals surface area contributed by atoms with Gasteiger partial charge < -0.3 is 29.2 Å². The van der Waals surface area contributed by atoms with Crippen molar-refractivity contribution in [2.45, 2.75) is 32.4 Å². The Kier molecular flexibility index (Phi) is 8.06. The van der Waals surface area contributed by atoms with E-state index in [-0.39, 0.29) is 29.6 Å². The second-order valence-electron chi connectivity index (χ2n) is 8.74. The van der Waals surface area contributed by atoms with Gasteiger partial charge in [-0.15, -0.1) is 0 Å². The maximum Gasteiger partial charge on any atom is 0.199 e. The van der Waals surface area contributed by atoms with Gasteiger partial charge in [-0.25, -0.2) is 8.78 Å². The number of methoxy groups -OCH3 is 1. The lowest BCUT2D eigenvalue weighted by Crippen LogP contribution is -2.21. The second kappa shape index (κ2) is 10.6. The van der Waals surface area contributed by atoms with Gasteiger partial charge in [0.15, 0.2) is 24.2 Å². The zero-order valence-corrected chi connectivity index (χ0v) is 20.9. The molecule has 0 radical (unpaired) electrons. The minimum Gasteiger partial charge on any atom is -0.467 e. The third-order valence-corrected chi connectivity index (χ3v) is 6.84. The number of aromatic nitrogens is 1. The Labute approximate surface area is 198 Å². The van der Waals surface area contributed by atoms with Crippen molar-refractivity contribution >= 4 is 36.2 Å². The predicted molar refractivity (Wildman–Crippen MR) is 131 cm³/mol. The Morgan fingerprint density at radius 2 is 1.91 bits per heavy atom. The topological polar surface area (TPSA) is 67.9 Å². The van der Waals surface area contributed by atoms with Crippen LogP contribution in [0.5, 0.6) is 17.2 Å². The van der Waals surface area contributed by atoms with Crippen LogP contribution in [0.4, 0.5) is 8.78 Å². The van der Waals surface area contributed by atoms with Crippen molar-refractivity contribution in [2.75, 3.05) is 20.5 Å². The maximum absolute atomic E-state index is 15.2. The molecule has 0 fully saturated rings. The molecule has 1 heterocycles. The molecule has 6 nitrogen and oxygen atoms in total. The SMILES string of the molecule is COCOc1ccc(Oc2c(F)cc3c(ccn3COCC[Si](C)(C)C)c2F)cc1C(N)=S. The number of thiocarbonyl (C=S) groups is 1. The molecular weight excluding hydrogens is 466 g/mol. The van der Waals surface area contributed by atoms with E-state index >= 15 is 4.39 Å². The standard InChI is InChI=1S/C23H28F2N2O4SSi/c1-28-14-30-20-6-5-15(11-17(20)23(26)32)31-22-18(24)12-19-16(21(22)25)7-8-27(19)13-29-9-10-33(2,3)4/h5-8,11-12H,9-10,13-14H2,1-4H3,(H2,26,32). The van der Waals surface area contributed by atoms with Crippen LogP contribution in [0.15, 0.2) is 36.5 Å². The average Bonchev–Trinajstić information content (AvgIpc) is 3.15. The van der Waals surface area contributed by atoms with Gasteiger partial charge in [0.05, 0.1) is 11.1 Å². The third kappa shape index (κ3) is 6.29. The summed E-state index contributed by atoms with van der Waals surface area (Å²) < 4.78 is 53.3. The van der Waals surface area contributed by atoms with E-state index < -0.39 is 25.5 Å². The van der Waals surface area contributed by atoms with E-state index in [2.05, 4.69) is 19.6 Å². The fourth-order valence-corrected chi connectivity index (χ4v) is 4.04. The lowest BCUT2D eigenvalue weighted by atomic mass is 10.2. The molecule has 0 atom stereocenters. The van der Waals surface area contributed by atoms with Crippen LogP contribution >= 0.6 is 12.2 Å². The molecule has 0 amide bonds. The van der Waals surface area contributed by atoms with Gasteiger partial charge in [-0.2, -0.15) is 0 Å². The largest absolute Gasteiger partial charge is 0.467 e. The summed E-state index contributed by atoms with van der Waals surface area (Å²) in [6.07, 6.45) is 1.67. The first-order valence-corrected chi connectivity index (χ1v) is 14.5. The highest BCUT2D eigenvalue weighted by Gasteiger charge is 2.20. The Bertz CT molecular complexity index is 1150. The van der Waals surface area contributed by atoms with Crippen molar-refractivity contribution in [1.29, 1.82) is 0 Å². The lowest BCUT2D eigenvalue weighted by molar-refractivity contribution is 0.0510. The molecule has 0 saturated carbocycles. The van der Waals surface area contributed by atoms with E-state index in [9.17, 15) is 4.39 Å². The summed E-state index contributed by atoms with van der Waals surface area (Å²) >= 11 is 5.05. The molecule has 3 aromatic rings. The number of fused-ring (bicyclic) bond motifs is 1. The number of nitrogens with two attached hydrogens (primary N) is 1. The Balaban J connectivity index is 1.83. The van der Waals surface area contributed by atoms with Gasteiger partial charge in [-0.05, 0) is 30.3 Å². The van der Waals surface area contributed by atoms with Crippen molar-refractivity contribution in [1.82, 2.24) is 4.57 Å². The highest BCUT2D eigenvalue weighted by molar-refractivity contribution is 7.80. The summed E-state index contributed by atoms with van der Waals surface area (Å²) in [7, 11) is 0.261. The van der Waals surface area contributed by atoms with Gasteiger partial charge in [0.1, 0.15) is 23.2 Å². The smallest absolute Gasteiger partial charge is 0.199 e. The van der Waals surface area contributed by atoms with Crippen molar-refractivity contribution in [3.63, 3.8) is 0 Å². The van der Waals surface area contributed by atoms with Crippen LogP contribution in [0.1, 0.15) is 5.56 Å². The van der Waals surface area contributed by atoms with Crippen LogP contribution in [0, 0.1) is 11.6 Å². The molecule has 178 valence electrons. The van der Waals surface area contributed by atoms with Crippen LogP contribution in [-0.4, -0.2) is 38.1 Å². The van der Waals surface area contributed by atoms with Gasteiger partial charge >= 0.3 is 0 Å². The number of ether oxygens (including phenoxy) is 4. The van der Waals surface area contributed by atoms with Crippen molar-refractivity contribution in [3.8, 4) is 17.2 Å². The summed E-state index contributed by atoms with van der Waals surface area (Å²) in [5.41, 5.74) is 6.50. The van der Waals surface area contributed by atoms with Crippen LogP contribution in [0.3, 0.4) is 0 Å². The van der Waals surface area contributed by atoms with E-state index in [4.69, 9.17) is 36.9 Å². The van der Waals surface area contributed by atoms with E-state index in [1.807, 2.05) is 0 Å². The zero-order chi connectivity index (χ0) is 24.2. The molecule has 10 heteroatoms. The molecule has 0 aliphatic heterocycles. The first-order valence-electron chi connectivity index (χ1n) is 10.4. The molecule has 0 spiro atoms. The molecule has 2 N–H and O–H groups in total. The minimum atomic E-state index is -1.22. The number of hydrogen-bond donors (Lipinski definition) is 1. The predicted octanol–water partition coefficient (Wildman–Crippen LogP) is 5.64. The molecule has 3 rings (SSSR count). The summed E-state index contributed by atoms with van der Waals surface area (Å²) in [4.78, 5) is 0.0501. The van der Waals surface area contributed by atoms with Crippen LogP contribution < -0.4 is 15.2 Å². The molecule has 0 bridgehead atoms. The number of hydrogen-bond acceptors (Lipinski definition) is 5. The lowest BCUT2D eigenvalue weighted by Gasteiger charge is -2.16. The molecule has 0 aliphatic carbocycles. The molecule has 2 aromatic carbocycles. The van der Waals surface area contributed by atoms with Crippen molar-refractivity contribution in [3.05, 3.63) is 53.7 Å². The summed E-state index contributed by atoms with van der Waals surface area (Å²) in [5.74, 6) is -1.62. The van der Waals surface area contributed by atoms with Crippen LogP contribution in [-0.2, 0) is 16.2 Å².